The molecule has 2 aliphatic rings. The van der Waals surface area contributed by atoms with E-state index in [4.69, 9.17) is 5.73 Å². The highest BCUT2D eigenvalue weighted by Gasteiger charge is 2.55. The van der Waals surface area contributed by atoms with Gasteiger partial charge in [-0.15, -0.1) is 0 Å². The van der Waals surface area contributed by atoms with Crippen molar-refractivity contribution in [3.8, 4) is 0 Å². The predicted molar refractivity (Wildman–Crippen MR) is 72.8 cm³/mol. The maximum absolute atomic E-state index is 12.5. The fourth-order valence-corrected chi connectivity index (χ4v) is 3.03. The number of carboxylic acids is 1. The first-order valence-corrected chi connectivity index (χ1v) is 6.86. The largest absolute Gasteiger partial charge is 0.480 e. The normalized spacial score (nSPS) is 24.6. The van der Waals surface area contributed by atoms with E-state index in [1.54, 1.807) is 12.1 Å². The summed E-state index contributed by atoms with van der Waals surface area (Å²) in [6, 6.07) is 7.58. The smallest absolute Gasteiger partial charge is 0.326 e. The maximum atomic E-state index is 12.5. The number of hydrogen-bond donors (Lipinski definition) is 2. The SMILES string of the molecule is NC(C(=O)N1CC2(CC2)CC1C(=O)O)c1ccccc1. The highest BCUT2D eigenvalue weighted by atomic mass is 16.4. The molecule has 1 aromatic rings. The first kappa shape index (κ1) is 13.1. The van der Waals surface area contributed by atoms with Crippen LogP contribution in [-0.2, 0) is 9.59 Å². The van der Waals surface area contributed by atoms with Gasteiger partial charge in [0.1, 0.15) is 12.1 Å². The molecule has 1 heterocycles. The van der Waals surface area contributed by atoms with E-state index in [2.05, 4.69) is 0 Å². The summed E-state index contributed by atoms with van der Waals surface area (Å²) in [6.07, 6.45) is 2.60. The number of benzene rings is 1. The van der Waals surface area contributed by atoms with E-state index in [0.717, 1.165) is 18.4 Å². The standard InChI is InChI=1S/C15H18N2O3/c16-12(10-4-2-1-3-5-10)13(18)17-9-15(6-7-15)8-11(17)14(19)20/h1-5,11-12H,6-9,16H2,(H,19,20). The molecule has 5 heteroatoms. The first-order valence-electron chi connectivity index (χ1n) is 6.86. The van der Waals surface area contributed by atoms with Crippen LogP contribution >= 0.6 is 0 Å². The van der Waals surface area contributed by atoms with Gasteiger partial charge in [-0.1, -0.05) is 30.3 Å². The van der Waals surface area contributed by atoms with E-state index in [-0.39, 0.29) is 11.3 Å². The van der Waals surface area contributed by atoms with Crippen molar-refractivity contribution in [3.05, 3.63) is 35.9 Å². The zero-order valence-electron chi connectivity index (χ0n) is 11.2. The summed E-state index contributed by atoms with van der Waals surface area (Å²) in [5, 5.41) is 9.31. The van der Waals surface area contributed by atoms with Crippen LogP contribution in [-0.4, -0.2) is 34.5 Å². The number of nitrogens with zero attached hydrogens (tertiary/aromatic N) is 1. The summed E-state index contributed by atoms with van der Waals surface area (Å²) in [7, 11) is 0. The lowest BCUT2D eigenvalue weighted by atomic mass is 10.0. The molecule has 0 bridgehead atoms. The summed E-state index contributed by atoms with van der Waals surface area (Å²) in [4.78, 5) is 25.3. The van der Waals surface area contributed by atoms with Crippen LogP contribution in [0.3, 0.4) is 0 Å². The van der Waals surface area contributed by atoms with Crippen molar-refractivity contribution >= 4 is 11.9 Å². The fourth-order valence-electron chi connectivity index (χ4n) is 3.03. The molecule has 1 aliphatic carbocycles. The van der Waals surface area contributed by atoms with Gasteiger partial charge in [0.2, 0.25) is 5.91 Å². The van der Waals surface area contributed by atoms with Crippen LogP contribution in [0.25, 0.3) is 0 Å². The van der Waals surface area contributed by atoms with Gasteiger partial charge in [-0.2, -0.15) is 0 Å². The quantitative estimate of drug-likeness (QED) is 0.866. The van der Waals surface area contributed by atoms with Crippen LogP contribution in [0.15, 0.2) is 30.3 Å². The van der Waals surface area contributed by atoms with E-state index >= 15 is 0 Å². The minimum Gasteiger partial charge on any atom is -0.480 e. The Balaban J connectivity index is 1.80. The van der Waals surface area contributed by atoms with Gasteiger partial charge in [0, 0.05) is 6.54 Å². The molecule has 106 valence electrons. The van der Waals surface area contributed by atoms with Crippen LogP contribution in [0, 0.1) is 5.41 Å². The van der Waals surface area contributed by atoms with Gasteiger partial charge in [-0.3, -0.25) is 4.79 Å². The topological polar surface area (TPSA) is 83.6 Å². The van der Waals surface area contributed by atoms with Gasteiger partial charge in [0.05, 0.1) is 0 Å². The van der Waals surface area contributed by atoms with Crippen molar-refractivity contribution in [2.45, 2.75) is 31.3 Å². The Morgan fingerprint density at radius 3 is 2.50 bits per heavy atom. The van der Waals surface area contributed by atoms with Crippen LogP contribution in [0.1, 0.15) is 30.9 Å². The van der Waals surface area contributed by atoms with Gasteiger partial charge >= 0.3 is 5.97 Å². The number of hydrogen-bond acceptors (Lipinski definition) is 3. The zero-order chi connectivity index (χ0) is 14.3. The molecule has 1 saturated heterocycles. The molecular formula is C15H18N2O3. The minimum absolute atomic E-state index is 0.0507. The van der Waals surface area contributed by atoms with Crippen molar-refractivity contribution in [3.63, 3.8) is 0 Å². The van der Waals surface area contributed by atoms with Crippen molar-refractivity contribution in [2.24, 2.45) is 11.1 Å². The van der Waals surface area contributed by atoms with E-state index < -0.39 is 18.1 Å². The minimum atomic E-state index is -0.928. The van der Waals surface area contributed by atoms with E-state index in [1.807, 2.05) is 18.2 Å². The Kier molecular flexibility index (Phi) is 3.01. The second-order valence-corrected chi connectivity index (χ2v) is 5.91. The Bertz CT molecular complexity index is 539. The van der Waals surface area contributed by atoms with Crippen molar-refractivity contribution in [1.29, 1.82) is 0 Å². The third kappa shape index (κ3) is 2.18. The third-order valence-corrected chi connectivity index (χ3v) is 4.46. The highest BCUT2D eigenvalue weighted by molar-refractivity contribution is 5.88. The molecule has 5 nitrogen and oxygen atoms in total. The summed E-state index contributed by atoms with van der Waals surface area (Å²) in [6.45, 7) is 0.531. The predicted octanol–water partition coefficient (Wildman–Crippen LogP) is 1.15. The molecule has 1 spiro atoms. The number of carbonyl (C=O) groups excluding carboxylic acids is 1. The van der Waals surface area contributed by atoms with E-state index in [9.17, 15) is 14.7 Å². The molecule has 0 aromatic heterocycles. The molecule has 3 rings (SSSR count). The Morgan fingerprint density at radius 2 is 1.95 bits per heavy atom. The number of carbonyl (C=O) groups is 2. The van der Waals surface area contributed by atoms with Gasteiger partial charge in [-0.25, -0.2) is 4.79 Å². The number of carboxylic acid groups (broad SMARTS) is 1. The Hall–Kier alpha value is -1.88. The van der Waals surface area contributed by atoms with Crippen LogP contribution in [0.4, 0.5) is 0 Å². The number of rotatable bonds is 3. The van der Waals surface area contributed by atoms with Crippen LogP contribution < -0.4 is 5.73 Å². The Morgan fingerprint density at radius 1 is 1.30 bits per heavy atom. The second-order valence-electron chi connectivity index (χ2n) is 5.91. The first-order chi connectivity index (χ1) is 9.52. The summed E-state index contributed by atoms with van der Waals surface area (Å²) in [5.74, 6) is -1.21. The van der Waals surface area contributed by atoms with Crippen molar-refractivity contribution < 1.29 is 14.7 Å². The number of likely N-dealkylation sites (tertiary alicyclic amines) is 1. The van der Waals surface area contributed by atoms with Crippen molar-refractivity contribution in [2.75, 3.05) is 6.54 Å². The lowest BCUT2D eigenvalue weighted by Crippen LogP contribution is -2.45. The van der Waals surface area contributed by atoms with Gasteiger partial charge < -0.3 is 15.7 Å². The number of aliphatic carboxylic acids is 1. The average molecular weight is 274 g/mol. The lowest BCUT2D eigenvalue weighted by Gasteiger charge is -2.25. The van der Waals surface area contributed by atoms with Gasteiger partial charge in [0.25, 0.3) is 0 Å². The fraction of sp³-hybridized carbons (Fsp3) is 0.467. The monoisotopic (exact) mass is 274 g/mol. The second kappa shape index (κ2) is 4.59. The van der Waals surface area contributed by atoms with Crippen LogP contribution in [0.5, 0.6) is 0 Å². The molecule has 1 aromatic carbocycles. The molecule has 1 amide bonds. The van der Waals surface area contributed by atoms with E-state index in [0.29, 0.717) is 13.0 Å². The van der Waals surface area contributed by atoms with Crippen LogP contribution in [0.2, 0.25) is 0 Å². The van der Waals surface area contributed by atoms with Crippen molar-refractivity contribution in [1.82, 2.24) is 4.90 Å². The third-order valence-electron chi connectivity index (χ3n) is 4.46. The average Bonchev–Trinajstić information content (AvgIpc) is 3.09. The molecule has 1 saturated carbocycles. The molecular weight excluding hydrogens is 256 g/mol. The maximum Gasteiger partial charge on any atom is 0.326 e. The molecule has 2 fully saturated rings. The molecule has 2 unspecified atom stereocenters. The molecule has 1 aliphatic heterocycles. The number of nitrogens with two attached hydrogens (primary N) is 1. The molecule has 0 radical (unpaired) electrons. The molecule has 2 atom stereocenters. The molecule has 3 N–H and O–H groups in total. The highest BCUT2D eigenvalue weighted by Crippen LogP contribution is 2.55. The van der Waals surface area contributed by atoms with Gasteiger partial charge in [0.15, 0.2) is 0 Å². The number of amides is 1. The lowest BCUT2D eigenvalue weighted by molar-refractivity contribution is -0.148. The Labute approximate surface area is 117 Å². The van der Waals surface area contributed by atoms with E-state index in [1.165, 1.54) is 4.90 Å². The van der Waals surface area contributed by atoms with Gasteiger partial charge in [-0.05, 0) is 30.2 Å². The summed E-state index contributed by atoms with van der Waals surface area (Å²) < 4.78 is 0. The molecule has 20 heavy (non-hydrogen) atoms. The summed E-state index contributed by atoms with van der Waals surface area (Å²) in [5.41, 5.74) is 6.78. The zero-order valence-corrected chi connectivity index (χ0v) is 11.2. The summed E-state index contributed by atoms with van der Waals surface area (Å²) >= 11 is 0.